The van der Waals surface area contributed by atoms with Crippen LogP contribution in [0.5, 0.6) is 5.75 Å². The first kappa shape index (κ1) is 22.3. The smallest absolute Gasteiger partial charge is 0.341 e. The van der Waals surface area contributed by atoms with Gasteiger partial charge < -0.3 is 14.7 Å². The molecule has 0 unspecified atom stereocenters. The summed E-state index contributed by atoms with van der Waals surface area (Å²) in [6, 6.07) is 19.8. The van der Waals surface area contributed by atoms with Crippen LogP contribution in [0.4, 0.5) is 0 Å². The predicted molar refractivity (Wildman–Crippen MR) is 127 cm³/mol. The highest BCUT2D eigenvalue weighted by Gasteiger charge is 2.18. The van der Waals surface area contributed by atoms with Gasteiger partial charge in [0.05, 0.1) is 5.71 Å². The number of aliphatic carboxylic acids is 1. The number of ether oxygens (including phenoxy) is 1. The number of fused-ring (bicyclic) bond motifs is 1. The maximum Gasteiger partial charge on any atom is 0.341 e. The highest BCUT2D eigenvalue weighted by atomic mass is 16.6. The molecule has 0 saturated carbocycles. The van der Waals surface area contributed by atoms with Crippen molar-refractivity contribution in [1.82, 2.24) is 4.98 Å². The van der Waals surface area contributed by atoms with Crippen molar-refractivity contribution in [3.63, 3.8) is 0 Å². The van der Waals surface area contributed by atoms with Gasteiger partial charge >= 0.3 is 5.97 Å². The minimum Gasteiger partial charge on any atom is -0.482 e. The van der Waals surface area contributed by atoms with Gasteiger partial charge in [0.25, 0.3) is 0 Å². The number of carboxylic acids is 1. The van der Waals surface area contributed by atoms with E-state index in [1.54, 1.807) is 12.4 Å². The molecule has 1 N–H and O–H groups in total. The molecule has 6 heteroatoms. The standard InChI is InChI=1S/C27H26N2O4/c30-27(31)19-32-26-13-5-11-23-21(9-4-12-24(23)26)14-16-33-29-25(22-10-6-15-28-18-22)17-20-7-2-1-3-8-20/h1-3,5-8,10-11,13-15,18H,4,9,12,16-17,19H2,(H,30,31)/b21-14-,29-25-. The molecule has 0 fully saturated rings. The number of carboxylic acid groups (broad SMARTS) is 1. The SMILES string of the molecule is O=C(O)COc1cccc2c1CCC/C2=C/CO/N=C(/Cc1ccccc1)c1cccnc1. The highest BCUT2D eigenvalue weighted by molar-refractivity contribution is 6.01. The third-order valence-corrected chi connectivity index (χ3v) is 5.49. The molecule has 4 rings (SSSR count). The van der Waals surface area contributed by atoms with Gasteiger partial charge in [-0.3, -0.25) is 4.98 Å². The molecule has 0 radical (unpaired) electrons. The van der Waals surface area contributed by atoms with Gasteiger partial charge in [-0.1, -0.05) is 47.6 Å². The number of hydrogen-bond acceptors (Lipinski definition) is 5. The molecule has 1 aliphatic carbocycles. The van der Waals surface area contributed by atoms with Crippen molar-refractivity contribution < 1.29 is 19.5 Å². The molecular formula is C27H26N2O4. The lowest BCUT2D eigenvalue weighted by atomic mass is 9.86. The van der Waals surface area contributed by atoms with E-state index in [9.17, 15) is 4.79 Å². The summed E-state index contributed by atoms with van der Waals surface area (Å²) in [7, 11) is 0. The van der Waals surface area contributed by atoms with E-state index in [4.69, 9.17) is 14.7 Å². The van der Waals surface area contributed by atoms with Crippen molar-refractivity contribution in [1.29, 1.82) is 0 Å². The Balaban J connectivity index is 1.49. The normalized spacial score (nSPS) is 14.5. The number of pyridine rings is 1. The van der Waals surface area contributed by atoms with Crippen LogP contribution in [-0.4, -0.2) is 35.0 Å². The van der Waals surface area contributed by atoms with Crippen molar-refractivity contribution in [2.75, 3.05) is 13.2 Å². The summed E-state index contributed by atoms with van der Waals surface area (Å²) in [6.45, 7) is -0.000598. The number of aromatic nitrogens is 1. The molecule has 2 aromatic carbocycles. The zero-order valence-corrected chi connectivity index (χ0v) is 18.3. The van der Waals surface area contributed by atoms with E-state index in [1.165, 1.54) is 5.57 Å². The first-order chi connectivity index (χ1) is 16.2. The van der Waals surface area contributed by atoms with Crippen LogP contribution in [0.2, 0.25) is 0 Å². The number of carbonyl (C=O) groups is 1. The number of rotatable bonds is 9. The summed E-state index contributed by atoms with van der Waals surface area (Å²) < 4.78 is 5.49. The van der Waals surface area contributed by atoms with Crippen molar-refractivity contribution in [3.05, 3.63) is 101 Å². The predicted octanol–water partition coefficient (Wildman–Crippen LogP) is 4.93. The van der Waals surface area contributed by atoms with Crippen LogP contribution in [0, 0.1) is 0 Å². The Bertz CT molecular complexity index is 1140. The fraction of sp³-hybridized carbons (Fsp3) is 0.222. The van der Waals surface area contributed by atoms with E-state index in [1.807, 2.05) is 54.6 Å². The topological polar surface area (TPSA) is 81.0 Å². The highest BCUT2D eigenvalue weighted by Crippen LogP contribution is 2.36. The minimum absolute atomic E-state index is 0.341. The van der Waals surface area contributed by atoms with E-state index in [0.29, 0.717) is 18.8 Å². The second-order valence-electron chi connectivity index (χ2n) is 7.79. The molecule has 3 aromatic rings. The van der Waals surface area contributed by atoms with Crippen molar-refractivity contribution in [3.8, 4) is 5.75 Å². The van der Waals surface area contributed by atoms with Gasteiger partial charge in [0.15, 0.2) is 6.61 Å². The Morgan fingerprint density at radius 3 is 2.73 bits per heavy atom. The van der Waals surface area contributed by atoms with Gasteiger partial charge in [-0.2, -0.15) is 0 Å². The Kier molecular flexibility index (Phi) is 7.48. The lowest BCUT2D eigenvalue weighted by Gasteiger charge is -2.21. The van der Waals surface area contributed by atoms with Crippen LogP contribution in [-0.2, 0) is 22.5 Å². The van der Waals surface area contributed by atoms with Gasteiger partial charge in [0.2, 0.25) is 0 Å². The molecule has 0 atom stereocenters. The van der Waals surface area contributed by atoms with E-state index in [2.05, 4.69) is 22.3 Å². The minimum atomic E-state index is -0.981. The van der Waals surface area contributed by atoms with Crippen LogP contribution in [0.15, 0.2) is 84.3 Å². The second kappa shape index (κ2) is 11.1. The average Bonchev–Trinajstić information content (AvgIpc) is 2.85. The van der Waals surface area contributed by atoms with E-state index >= 15 is 0 Å². The average molecular weight is 443 g/mol. The summed E-state index contributed by atoms with van der Waals surface area (Å²) in [5.74, 6) is -0.341. The molecule has 0 spiro atoms. The number of oxime groups is 1. The quantitative estimate of drug-likeness (QED) is 0.289. The molecule has 1 aromatic heterocycles. The van der Waals surface area contributed by atoms with Gasteiger partial charge in [-0.15, -0.1) is 0 Å². The van der Waals surface area contributed by atoms with Crippen molar-refractivity contribution in [2.45, 2.75) is 25.7 Å². The summed E-state index contributed by atoms with van der Waals surface area (Å²) in [6.07, 6.45) is 9.00. The second-order valence-corrected chi connectivity index (χ2v) is 7.79. The first-order valence-electron chi connectivity index (χ1n) is 11.0. The maximum absolute atomic E-state index is 10.9. The number of benzene rings is 2. The molecule has 168 valence electrons. The molecule has 0 amide bonds. The van der Waals surface area contributed by atoms with Gasteiger partial charge in [-0.05, 0) is 60.2 Å². The fourth-order valence-electron chi connectivity index (χ4n) is 3.96. The Morgan fingerprint density at radius 1 is 1.06 bits per heavy atom. The summed E-state index contributed by atoms with van der Waals surface area (Å²) in [5.41, 5.74) is 6.21. The summed E-state index contributed by atoms with van der Waals surface area (Å²) in [5, 5.41) is 13.4. The molecule has 33 heavy (non-hydrogen) atoms. The lowest BCUT2D eigenvalue weighted by Crippen LogP contribution is -2.12. The number of hydrogen-bond donors (Lipinski definition) is 1. The van der Waals surface area contributed by atoms with Crippen molar-refractivity contribution in [2.24, 2.45) is 5.16 Å². The third kappa shape index (κ3) is 6.07. The van der Waals surface area contributed by atoms with Gasteiger partial charge in [-0.25, -0.2) is 4.79 Å². The summed E-state index contributed by atoms with van der Waals surface area (Å²) in [4.78, 5) is 20.8. The molecular weight excluding hydrogens is 416 g/mol. The maximum atomic E-state index is 10.9. The molecule has 0 saturated heterocycles. The Labute approximate surface area is 193 Å². The summed E-state index contributed by atoms with van der Waals surface area (Å²) >= 11 is 0. The van der Waals surface area contributed by atoms with Crippen LogP contribution in [0.3, 0.4) is 0 Å². The Morgan fingerprint density at radius 2 is 1.94 bits per heavy atom. The molecule has 0 aliphatic heterocycles. The zero-order valence-electron chi connectivity index (χ0n) is 18.3. The lowest BCUT2D eigenvalue weighted by molar-refractivity contribution is -0.139. The van der Waals surface area contributed by atoms with Crippen LogP contribution >= 0.6 is 0 Å². The van der Waals surface area contributed by atoms with Crippen LogP contribution < -0.4 is 4.74 Å². The van der Waals surface area contributed by atoms with Gasteiger partial charge in [0.1, 0.15) is 12.4 Å². The first-order valence-corrected chi connectivity index (χ1v) is 11.0. The fourth-order valence-corrected chi connectivity index (χ4v) is 3.96. The van der Waals surface area contributed by atoms with Crippen molar-refractivity contribution >= 4 is 17.3 Å². The monoisotopic (exact) mass is 442 g/mol. The zero-order chi connectivity index (χ0) is 22.9. The van der Waals surface area contributed by atoms with Crippen LogP contribution in [0.1, 0.15) is 35.1 Å². The third-order valence-electron chi connectivity index (χ3n) is 5.49. The molecule has 1 heterocycles. The van der Waals surface area contributed by atoms with Crippen LogP contribution in [0.25, 0.3) is 5.57 Å². The molecule has 0 bridgehead atoms. The molecule has 1 aliphatic rings. The number of allylic oxidation sites excluding steroid dienone is 1. The number of nitrogens with zero attached hydrogens (tertiary/aromatic N) is 2. The molecule has 6 nitrogen and oxygen atoms in total. The van der Waals surface area contributed by atoms with E-state index in [0.717, 1.165) is 47.2 Å². The Hall–Kier alpha value is -3.93. The van der Waals surface area contributed by atoms with E-state index < -0.39 is 5.97 Å². The van der Waals surface area contributed by atoms with E-state index in [-0.39, 0.29) is 6.61 Å². The largest absolute Gasteiger partial charge is 0.482 e. The van der Waals surface area contributed by atoms with Gasteiger partial charge in [0, 0.05) is 29.9 Å².